The predicted octanol–water partition coefficient (Wildman–Crippen LogP) is 2.12. The van der Waals surface area contributed by atoms with E-state index < -0.39 is 29.4 Å². The minimum absolute atomic E-state index is 0.00478. The standard InChI is InChI=1S/C14H17F2NO3/c1-2-3-10(14(19)20)8-17-13(18)6-9-4-5-11(15)7-12(9)16/h4-5,7,10H,2-3,6,8H2,1H3,(H,17,18)(H,19,20). The number of carbonyl (C=O) groups excluding carboxylic acids is 1. The van der Waals surface area contributed by atoms with Crippen molar-refractivity contribution in [2.45, 2.75) is 26.2 Å². The van der Waals surface area contributed by atoms with Gasteiger partial charge in [-0.05, 0) is 18.1 Å². The quantitative estimate of drug-likeness (QED) is 0.806. The van der Waals surface area contributed by atoms with Crippen LogP contribution in [-0.4, -0.2) is 23.5 Å². The van der Waals surface area contributed by atoms with Crippen LogP contribution in [0.2, 0.25) is 0 Å². The highest BCUT2D eigenvalue weighted by Crippen LogP contribution is 2.10. The summed E-state index contributed by atoms with van der Waals surface area (Å²) in [6.07, 6.45) is 0.907. The highest BCUT2D eigenvalue weighted by molar-refractivity contribution is 5.79. The van der Waals surface area contributed by atoms with Crippen LogP contribution in [0.5, 0.6) is 0 Å². The number of rotatable bonds is 7. The molecule has 110 valence electrons. The van der Waals surface area contributed by atoms with Crippen molar-refractivity contribution in [3.63, 3.8) is 0 Å². The van der Waals surface area contributed by atoms with Crippen molar-refractivity contribution in [1.82, 2.24) is 5.32 Å². The number of nitrogens with one attached hydrogen (secondary N) is 1. The molecule has 20 heavy (non-hydrogen) atoms. The van der Waals surface area contributed by atoms with Crippen molar-refractivity contribution in [3.8, 4) is 0 Å². The zero-order valence-electron chi connectivity index (χ0n) is 11.2. The molecule has 1 rings (SSSR count). The first-order chi connectivity index (χ1) is 9.43. The Morgan fingerprint density at radius 1 is 1.35 bits per heavy atom. The molecular formula is C14H17F2NO3. The van der Waals surface area contributed by atoms with Gasteiger partial charge >= 0.3 is 5.97 Å². The zero-order valence-corrected chi connectivity index (χ0v) is 11.2. The molecule has 0 saturated carbocycles. The number of amides is 1. The van der Waals surface area contributed by atoms with Gasteiger partial charge in [-0.2, -0.15) is 0 Å². The number of hydrogen-bond donors (Lipinski definition) is 2. The minimum atomic E-state index is -0.972. The molecule has 0 fully saturated rings. The average Bonchev–Trinajstić information content (AvgIpc) is 2.37. The van der Waals surface area contributed by atoms with Crippen LogP contribution in [0.1, 0.15) is 25.3 Å². The van der Waals surface area contributed by atoms with Crippen molar-refractivity contribution < 1.29 is 23.5 Å². The second-order valence-electron chi connectivity index (χ2n) is 4.54. The van der Waals surface area contributed by atoms with Crippen molar-refractivity contribution in [1.29, 1.82) is 0 Å². The summed E-state index contributed by atoms with van der Waals surface area (Å²) in [5.74, 6) is -3.61. The highest BCUT2D eigenvalue weighted by Gasteiger charge is 2.17. The summed E-state index contributed by atoms with van der Waals surface area (Å²) in [5, 5.41) is 11.4. The summed E-state index contributed by atoms with van der Waals surface area (Å²) in [4.78, 5) is 22.5. The summed E-state index contributed by atoms with van der Waals surface area (Å²) >= 11 is 0. The van der Waals surface area contributed by atoms with Crippen LogP contribution in [0.4, 0.5) is 8.78 Å². The van der Waals surface area contributed by atoms with E-state index in [2.05, 4.69) is 5.32 Å². The molecule has 0 aliphatic heterocycles. The molecule has 2 N–H and O–H groups in total. The van der Waals surface area contributed by atoms with Gasteiger partial charge in [0.05, 0.1) is 12.3 Å². The molecule has 1 unspecified atom stereocenters. The van der Waals surface area contributed by atoms with Crippen LogP contribution in [0.25, 0.3) is 0 Å². The Bertz CT molecular complexity index is 491. The van der Waals surface area contributed by atoms with Gasteiger partial charge in [0.1, 0.15) is 11.6 Å². The molecule has 1 atom stereocenters. The topological polar surface area (TPSA) is 66.4 Å². The summed E-state index contributed by atoms with van der Waals surface area (Å²) in [5.41, 5.74) is 0.0752. The largest absolute Gasteiger partial charge is 0.481 e. The zero-order chi connectivity index (χ0) is 15.1. The Hall–Kier alpha value is -1.98. The molecule has 4 nitrogen and oxygen atoms in total. The fourth-order valence-corrected chi connectivity index (χ4v) is 1.80. The summed E-state index contributed by atoms with van der Waals surface area (Å²) < 4.78 is 26.1. The number of carbonyl (C=O) groups is 2. The van der Waals surface area contributed by atoms with Gasteiger partial charge in [-0.15, -0.1) is 0 Å². The number of halogens is 2. The Kier molecular flexibility index (Phi) is 6.09. The summed E-state index contributed by atoms with van der Waals surface area (Å²) in [6.45, 7) is 1.86. The lowest BCUT2D eigenvalue weighted by molar-refractivity contribution is -0.141. The van der Waals surface area contributed by atoms with Gasteiger partial charge in [0.2, 0.25) is 5.91 Å². The molecule has 0 bridgehead atoms. The lowest BCUT2D eigenvalue weighted by Crippen LogP contribution is -2.34. The van der Waals surface area contributed by atoms with Gasteiger partial charge in [-0.3, -0.25) is 9.59 Å². The van der Waals surface area contributed by atoms with Crippen molar-refractivity contribution in [2.75, 3.05) is 6.54 Å². The van der Waals surface area contributed by atoms with Crippen molar-refractivity contribution >= 4 is 11.9 Å². The molecule has 1 aromatic carbocycles. The Balaban J connectivity index is 2.53. The van der Waals surface area contributed by atoms with Crippen LogP contribution in [0.3, 0.4) is 0 Å². The molecule has 0 spiro atoms. The van der Waals surface area contributed by atoms with Gasteiger partial charge < -0.3 is 10.4 Å². The van der Waals surface area contributed by atoms with E-state index >= 15 is 0 Å². The minimum Gasteiger partial charge on any atom is -0.481 e. The number of benzene rings is 1. The number of carboxylic acid groups (broad SMARTS) is 1. The molecule has 0 radical (unpaired) electrons. The molecule has 1 amide bonds. The SMILES string of the molecule is CCCC(CNC(=O)Cc1ccc(F)cc1F)C(=O)O. The van der Waals surface area contributed by atoms with Gasteiger partial charge in [-0.1, -0.05) is 19.4 Å². The first-order valence-corrected chi connectivity index (χ1v) is 6.37. The first-order valence-electron chi connectivity index (χ1n) is 6.37. The van der Waals surface area contributed by atoms with Crippen LogP contribution in [-0.2, 0) is 16.0 Å². The molecule has 1 aromatic rings. The third kappa shape index (κ3) is 4.95. The number of aliphatic carboxylic acids is 1. The van der Waals surface area contributed by atoms with Gasteiger partial charge in [0, 0.05) is 12.6 Å². The normalized spacial score (nSPS) is 11.9. The molecule has 0 saturated heterocycles. The van der Waals surface area contributed by atoms with Gasteiger partial charge in [0.15, 0.2) is 0 Å². The van der Waals surface area contributed by atoms with E-state index in [1.54, 1.807) is 0 Å². The lowest BCUT2D eigenvalue weighted by Gasteiger charge is -2.12. The van der Waals surface area contributed by atoms with Crippen molar-refractivity contribution in [2.24, 2.45) is 5.92 Å². The fraction of sp³-hybridized carbons (Fsp3) is 0.429. The van der Waals surface area contributed by atoms with Crippen LogP contribution >= 0.6 is 0 Å². The van der Waals surface area contributed by atoms with Crippen LogP contribution in [0.15, 0.2) is 18.2 Å². The molecular weight excluding hydrogens is 268 g/mol. The predicted molar refractivity (Wildman–Crippen MR) is 69.1 cm³/mol. The maximum absolute atomic E-state index is 13.3. The van der Waals surface area contributed by atoms with E-state index in [9.17, 15) is 18.4 Å². The second-order valence-corrected chi connectivity index (χ2v) is 4.54. The lowest BCUT2D eigenvalue weighted by atomic mass is 10.0. The van der Waals surface area contributed by atoms with Crippen LogP contribution < -0.4 is 5.32 Å². The second kappa shape index (κ2) is 7.57. The van der Waals surface area contributed by atoms with Gasteiger partial charge in [0.25, 0.3) is 0 Å². The molecule has 0 aliphatic carbocycles. The molecule has 6 heteroatoms. The summed E-state index contributed by atoms with van der Waals surface area (Å²) in [6, 6.07) is 2.98. The molecule has 0 aliphatic rings. The third-order valence-electron chi connectivity index (χ3n) is 2.90. The van der Waals surface area contributed by atoms with Gasteiger partial charge in [-0.25, -0.2) is 8.78 Å². The van der Waals surface area contributed by atoms with Crippen LogP contribution in [0, 0.1) is 17.6 Å². The fourth-order valence-electron chi connectivity index (χ4n) is 1.80. The van der Waals surface area contributed by atoms with E-state index in [1.165, 1.54) is 6.07 Å². The molecule has 0 heterocycles. The smallest absolute Gasteiger partial charge is 0.308 e. The first kappa shape index (κ1) is 16.1. The Morgan fingerprint density at radius 3 is 2.60 bits per heavy atom. The maximum Gasteiger partial charge on any atom is 0.308 e. The van der Waals surface area contributed by atoms with E-state index in [0.717, 1.165) is 6.07 Å². The van der Waals surface area contributed by atoms with Crippen molar-refractivity contribution in [3.05, 3.63) is 35.4 Å². The Morgan fingerprint density at radius 2 is 2.05 bits per heavy atom. The number of carboxylic acids is 1. The molecule has 0 aromatic heterocycles. The Labute approximate surface area is 115 Å². The number of hydrogen-bond acceptors (Lipinski definition) is 2. The van der Waals surface area contributed by atoms with E-state index in [0.29, 0.717) is 18.9 Å². The van der Waals surface area contributed by atoms with E-state index in [4.69, 9.17) is 5.11 Å². The average molecular weight is 285 g/mol. The summed E-state index contributed by atoms with van der Waals surface area (Å²) in [7, 11) is 0. The maximum atomic E-state index is 13.3. The monoisotopic (exact) mass is 285 g/mol. The van der Waals surface area contributed by atoms with E-state index in [-0.39, 0.29) is 18.5 Å². The van der Waals surface area contributed by atoms with E-state index in [1.807, 2.05) is 6.92 Å². The highest BCUT2D eigenvalue weighted by atomic mass is 19.1. The third-order valence-corrected chi connectivity index (χ3v) is 2.90.